The number of nitrogens with zero attached hydrogens (tertiary/aromatic N) is 2. The SMILES string of the molecule is CC(C)c1cc(C(=O)NCc2ccc(C(=O)O)cc2)n(C)n1. The number of aromatic nitrogens is 2. The Hall–Kier alpha value is -2.63. The number of aromatic carboxylic acids is 1. The summed E-state index contributed by atoms with van der Waals surface area (Å²) in [5, 5.41) is 16.0. The highest BCUT2D eigenvalue weighted by atomic mass is 16.4. The number of carbonyl (C=O) groups is 2. The number of nitrogens with one attached hydrogen (secondary N) is 1. The molecule has 0 radical (unpaired) electrons. The molecule has 2 N–H and O–H groups in total. The van der Waals surface area contributed by atoms with Gasteiger partial charge >= 0.3 is 5.97 Å². The Morgan fingerprint density at radius 2 is 1.91 bits per heavy atom. The van der Waals surface area contributed by atoms with E-state index < -0.39 is 5.97 Å². The summed E-state index contributed by atoms with van der Waals surface area (Å²) in [6, 6.07) is 8.20. The van der Waals surface area contributed by atoms with Crippen LogP contribution in [0.5, 0.6) is 0 Å². The van der Waals surface area contributed by atoms with Crippen LogP contribution in [0.1, 0.15) is 51.9 Å². The van der Waals surface area contributed by atoms with E-state index in [-0.39, 0.29) is 17.4 Å². The molecule has 0 aliphatic rings. The van der Waals surface area contributed by atoms with Crippen LogP contribution >= 0.6 is 0 Å². The van der Waals surface area contributed by atoms with E-state index in [4.69, 9.17) is 5.11 Å². The molecule has 0 aliphatic heterocycles. The van der Waals surface area contributed by atoms with Gasteiger partial charge in [-0.3, -0.25) is 9.48 Å². The van der Waals surface area contributed by atoms with E-state index in [9.17, 15) is 9.59 Å². The molecule has 0 atom stereocenters. The zero-order valence-corrected chi connectivity index (χ0v) is 12.8. The highest BCUT2D eigenvalue weighted by Gasteiger charge is 2.14. The van der Waals surface area contributed by atoms with Gasteiger partial charge in [-0.25, -0.2) is 4.79 Å². The zero-order valence-electron chi connectivity index (χ0n) is 12.8. The summed E-state index contributed by atoms with van der Waals surface area (Å²) < 4.78 is 1.57. The van der Waals surface area contributed by atoms with Crippen molar-refractivity contribution in [3.63, 3.8) is 0 Å². The fourth-order valence-corrected chi connectivity index (χ4v) is 2.02. The first-order valence-corrected chi connectivity index (χ1v) is 7.03. The molecule has 1 aromatic heterocycles. The Bertz CT molecular complexity index is 687. The molecule has 1 heterocycles. The van der Waals surface area contributed by atoms with Crippen LogP contribution in [0.4, 0.5) is 0 Å². The van der Waals surface area contributed by atoms with E-state index in [1.54, 1.807) is 29.9 Å². The van der Waals surface area contributed by atoms with Crippen molar-refractivity contribution in [2.75, 3.05) is 0 Å². The summed E-state index contributed by atoms with van der Waals surface area (Å²) in [7, 11) is 1.74. The van der Waals surface area contributed by atoms with Crippen molar-refractivity contribution in [1.29, 1.82) is 0 Å². The number of amides is 1. The molecule has 0 fully saturated rings. The van der Waals surface area contributed by atoms with E-state index in [0.29, 0.717) is 12.2 Å². The van der Waals surface area contributed by atoms with Gasteiger partial charge in [0.1, 0.15) is 5.69 Å². The summed E-state index contributed by atoms with van der Waals surface area (Å²) in [5.74, 6) is -0.910. The first-order valence-electron chi connectivity index (χ1n) is 7.03. The normalized spacial score (nSPS) is 10.7. The van der Waals surface area contributed by atoms with Crippen molar-refractivity contribution in [3.8, 4) is 0 Å². The maximum atomic E-state index is 12.2. The molecule has 6 heteroatoms. The molecule has 116 valence electrons. The number of carboxylic acid groups (broad SMARTS) is 1. The highest BCUT2D eigenvalue weighted by Crippen LogP contribution is 2.14. The van der Waals surface area contributed by atoms with Crippen LogP contribution in [0.2, 0.25) is 0 Å². The van der Waals surface area contributed by atoms with Crippen LogP contribution < -0.4 is 5.32 Å². The second-order valence-electron chi connectivity index (χ2n) is 5.42. The molecule has 1 amide bonds. The minimum Gasteiger partial charge on any atom is -0.478 e. The van der Waals surface area contributed by atoms with Crippen LogP contribution in [0, 0.1) is 0 Å². The molecular weight excluding hydrogens is 282 g/mol. The van der Waals surface area contributed by atoms with Crippen molar-refractivity contribution in [2.45, 2.75) is 26.3 Å². The second kappa shape index (κ2) is 6.43. The molecule has 2 aromatic rings. The van der Waals surface area contributed by atoms with Crippen LogP contribution in [-0.4, -0.2) is 26.8 Å². The van der Waals surface area contributed by atoms with Gasteiger partial charge in [0.15, 0.2) is 0 Å². The molecule has 1 aromatic carbocycles. The molecule has 0 aliphatic carbocycles. The van der Waals surface area contributed by atoms with Gasteiger partial charge in [0.25, 0.3) is 5.91 Å². The lowest BCUT2D eigenvalue weighted by molar-refractivity contribution is 0.0696. The molecule has 0 unspecified atom stereocenters. The van der Waals surface area contributed by atoms with Crippen LogP contribution in [0.15, 0.2) is 30.3 Å². The van der Waals surface area contributed by atoms with Gasteiger partial charge in [-0.15, -0.1) is 0 Å². The number of hydrogen-bond acceptors (Lipinski definition) is 3. The smallest absolute Gasteiger partial charge is 0.335 e. The van der Waals surface area contributed by atoms with Gasteiger partial charge in [0.2, 0.25) is 0 Å². The summed E-state index contributed by atoms with van der Waals surface area (Å²) in [6.07, 6.45) is 0. The number of carbonyl (C=O) groups excluding carboxylic acids is 1. The van der Waals surface area contributed by atoms with Crippen molar-refractivity contribution in [2.24, 2.45) is 7.05 Å². The third-order valence-electron chi connectivity index (χ3n) is 3.38. The van der Waals surface area contributed by atoms with Crippen molar-refractivity contribution in [1.82, 2.24) is 15.1 Å². The molecule has 0 spiro atoms. The van der Waals surface area contributed by atoms with Gasteiger partial charge in [-0.1, -0.05) is 26.0 Å². The standard InChI is InChI=1S/C16H19N3O3/c1-10(2)13-8-14(19(3)18-13)15(20)17-9-11-4-6-12(7-5-11)16(21)22/h4-8,10H,9H2,1-3H3,(H,17,20)(H,21,22). The molecule has 0 saturated heterocycles. The first kappa shape index (κ1) is 15.8. The maximum Gasteiger partial charge on any atom is 0.335 e. The van der Waals surface area contributed by atoms with Crippen molar-refractivity contribution < 1.29 is 14.7 Å². The van der Waals surface area contributed by atoms with Gasteiger partial charge < -0.3 is 10.4 Å². The minimum atomic E-state index is -0.966. The molecule has 22 heavy (non-hydrogen) atoms. The van der Waals surface area contributed by atoms with E-state index in [2.05, 4.69) is 10.4 Å². The zero-order chi connectivity index (χ0) is 16.3. The average Bonchev–Trinajstić information content (AvgIpc) is 2.87. The van der Waals surface area contributed by atoms with E-state index in [0.717, 1.165) is 11.3 Å². The predicted molar refractivity (Wildman–Crippen MR) is 81.9 cm³/mol. The summed E-state index contributed by atoms with van der Waals surface area (Å²) in [5.41, 5.74) is 2.44. The Balaban J connectivity index is 2.02. The molecule has 0 bridgehead atoms. The molecule has 0 saturated carbocycles. The number of rotatable bonds is 5. The number of hydrogen-bond donors (Lipinski definition) is 2. The van der Waals surface area contributed by atoms with E-state index >= 15 is 0 Å². The average molecular weight is 301 g/mol. The Kier molecular flexibility index (Phi) is 4.60. The summed E-state index contributed by atoms with van der Waals surface area (Å²) >= 11 is 0. The van der Waals surface area contributed by atoms with Crippen LogP contribution in [0.25, 0.3) is 0 Å². The lowest BCUT2D eigenvalue weighted by Gasteiger charge is -2.05. The summed E-state index contributed by atoms with van der Waals surface area (Å²) in [6.45, 7) is 4.38. The van der Waals surface area contributed by atoms with Gasteiger partial charge in [-0.2, -0.15) is 5.10 Å². The van der Waals surface area contributed by atoms with Crippen molar-refractivity contribution in [3.05, 3.63) is 52.8 Å². The first-order chi connectivity index (χ1) is 10.4. The lowest BCUT2D eigenvalue weighted by atomic mass is 10.1. The topological polar surface area (TPSA) is 84.2 Å². The van der Waals surface area contributed by atoms with Crippen LogP contribution in [0.3, 0.4) is 0 Å². The monoisotopic (exact) mass is 301 g/mol. The molecule has 6 nitrogen and oxygen atoms in total. The Labute approximate surface area is 128 Å². The fraction of sp³-hybridized carbons (Fsp3) is 0.312. The predicted octanol–water partition coefficient (Wildman–Crippen LogP) is 2.17. The third kappa shape index (κ3) is 3.52. The summed E-state index contributed by atoms with van der Waals surface area (Å²) in [4.78, 5) is 23.0. The second-order valence-corrected chi connectivity index (χ2v) is 5.42. The van der Waals surface area contributed by atoms with Crippen molar-refractivity contribution >= 4 is 11.9 Å². The number of aryl methyl sites for hydroxylation is 1. The van der Waals surface area contributed by atoms with E-state index in [1.807, 2.05) is 13.8 Å². The minimum absolute atomic E-state index is 0.204. The maximum absolute atomic E-state index is 12.2. The van der Waals surface area contributed by atoms with Crippen LogP contribution in [-0.2, 0) is 13.6 Å². The van der Waals surface area contributed by atoms with E-state index in [1.165, 1.54) is 12.1 Å². The Morgan fingerprint density at radius 1 is 1.27 bits per heavy atom. The van der Waals surface area contributed by atoms with Gasteiger partial charge in [0.05, 0.1) is 11.3 Å². The Morgan fingerprint density at radius 3 is 2.41 bits per heavy atom. The fourth-order valence-electron chi connectivity index (χ4n) is 2.02. The molecular formula is C16H19N3O3. The quantitative estimate of drug-likeness (QED) is 0.886. The number of carboxylic acids is 1. The van der Waals surface area contributed by atoms with Gasteiger partial charge in [-0.05, 0) is 29.7 Å². The number of benzene rings is 1. The highest BCUT2D eigenvalue weighted by molar-refractivity contribution is 5.92. The van der Waals surface area contributed by atoms with Gasteiger partial charge in [0, 0.05) is 13.6 Å². The largest absolute Gasteiger partial charge is 0.478 e. The molecule has 2 rings (SSSR count). The lowest BCUT2D eigenvalue weighted by Crippen LogP contribution is -2.25. The third-order valence-corrected chi connectivity index (χ3v) is 3.38.